The maximum absolute atomic E-state index is 13.6. The number of alkyl halides is 3. The van der Waals surface area contributed by atoms with E-state index >= 15 is 0 Å². The van der Waals surface area contributed by atoms with Crippen molar-refractivity contribution in [1.29, 1.82) is 0 Å². The summed E-state index contributed by atoms with van der Waals surface area (Å²) < 4.78 is 53.0. The van der Waals surface area contributed by atoms with Crippen LogP contribution in [-0.4, -0.2) is 43.6 Å². The van der Waals surface area contributed by atoms with Crippen molar-refractivity contribution < 1.29 is 37.1 Å². The third-order valence-electron chi connectivity index (χ3n) is 5.06. The van der Waals surface area contributed by atoms with Crippen molar-refractivity contribution in [3.05, 3.63) is 61.9 Å². The lowest BCUT2D eigenvalue weighted by atomic mass is 10.0. The van der Waals surface area contributed by atoms with Crippen LogP contribution in [0.25, 0.3) is 17.2 Å². The Morgan fingerprint density at radius 1 is 1.16 bits per heavy atom. The van der Waals surface area contributed by atoms with Crippen LogP contribution < -0.4 is 5.32 Å². The van der Waals surface area contributed by atoms with Gasteiger partial charge in [-0.1, -0.05) is 30.0 Å². The van der Waals surface area contributed by atoms with Gasteiger partial charge >= 0.3 is 12.1 Å². The van der Waals surface area contributed by atoms with E-state index in [4.69, 9.17) is 17.3 Å². The average Bonchev–Trinajstić information content (AvgIpc) is 3.53. The Kier molecular flexibility index (Phi) is 8.30. The first kappa shape index (κ1) is 27.9. The number of amides is 2. The van der Waals surface area contributed by atoms with E-state index in [9.17, 15) is 31.9 Å². The minimum Gasteiger partial charge on any atom is -0.481 e. The number of thiocarbonyl (C=S) groups is 1. The Morgan fingerprint density at radius 3 is 2.63 bits per heavy atom. The monoisotopic (exact) mass is 601 g/mol. The number of hydrogen-bond donors (Lipinski definition) is 2. The summed E-state index contributed by atoms with van der Waals surface area (Å²) in [4.78, 5) is 42.0. The van der Waals surface area contributed by atoms with E-state index in [1.165, 1.54) is 27.7 Å². The van der Waals surface area contributed by atoms with Crippen LogP contribution in [0.2, 0.25) is 0 Å². The molecule has 2 amide bonds. The lowest BCUT2D eigenvalue weighted by Crippen LogP contribution is -2.31. The fourth-order valence-electron chi connectivity index (χ4n) is 3.32. The van der Waals surface area contributed by atoms with Crippen molar-refractivity contribution in [2.24, 2.45) is 0 Å². The molecule has 1 aliphatic rings. The van der Waals surface area contributed by atoms with Gasteiger partial charge in [-0.05, 0) is 40.8 Å². The highest BCUT2D eigenvalue weighted by Crippen LogP contribution is 2.37. The molecular formula is C23H15F4N3O4S4. The molecule has 0 bridgehead atoms. The summed E-state index contributed by atoms with van der Waals surface area (Å²) in [5, 5.41) is 14.7. The van der Waals surface area contributed by atoms with E-state index < -0.39 is 35.3 Å². The number of carboxylic acid groups (broad SMARTS) is 1. The van der Waals surface area contributed by atoms with E-state index in [-0.39, 0.29) is 39.3 Å². The zero-order valence-corrected chi connectivity index (χ0v) is 22.1. The maximum atomic E-state index is 13.6. The van der Waals surface area contributed by atoms with Gasteiger partial charge in [0.15, 0.2) is 5.13 Å². The summed E-state index contributed by atoms with van der Waals surface area (Å²) in [6.45, 7) is 0.00663. The Hall–Kier alpha value is -3.14. The molecule has 3 aromatic rings. The standard InChI is InChI=1S/C23H15F4N3O4S4/c24-16-2-1-11(6-15(16)23(25,26)27)12-5-14(36-9-12)8-17-20(34)30(22(35)38-17)4-3-18(31)29-21-28-13(10-37-21)7-19(32)33/h1-2,5-6,8-10H,3-4,7H2,(H,32,33)(H,28,29,31)/b17-8-. The van der Waals surface area contributed by atoms with Crippen molar-refractivity contribution in [1.82, 2.24) is 9.88 Å². The average molecular weight is 602 g/mol. The minimum atomic E-state index is -4.83. The maximum Gasteiger partial charge on any atom is 0.419 e. The zero-order chi connectivity index (χ0) is 27.6. The number of carbonyl (C=O) groups is 3. The number of thiazole rings is 1. The quantitative estimate of drug-likeness (QED) is 0.189. The highest BCUT2D eigenvalue weighted by molar-refractivity contribution is 8.26. The minimum absolute atomic E-state index is 0.00663. The second-order valence-corrected chi connectivity index (χ2v) is 11.3. The summed E-state index contributed by atoms with van der Waals surface area (Å²) in [6.07, 6.45) is -3.61. The normalized spacial score (nSPS) is 14.9. The van der Waals surface area contributed by atoms with E-state index in [2.05, 4.69) is 10.3 Å². The number of benzene rings is 1. The summed E-state index contributed by atoms with van der Waals surface area (Å²) in [6, 6.07) is 4.34. The molecule has 7 nitrogen and oxygen atoms in total. The van der Waals surface area contributed by atoms with Crippen LogP contribution in [-0.2, 0) is 27.0 Å². The number of nitrogens with one attached hydrogen (secondary N) is 1. The van der Waals surface area contributed by atoms with Gasteiger partial charge in [-0.2, -0.15) is 13.2 Å². The molecule has 2 aromatic heterocycles. The molecule has 0 radical (unpaired) electrons. The lowest BCUT2D eigenvalue weighted by molar-refractivity contribution is -0.140. The summed E-state index contributed by atoms with van der Waals surface area (Å²) in [5.41, 5.74) is -0.420. The van der Waals surface area contributed by atoms with Gasteiger partial charge < -0.3 is 10.4 Å². The van der Waals surface area contributed by atoms with Gasteiger partial charge in [0.05, 0.1) is 22.6 Å². The largest absolute Gasteiger partial charge is 0.481 e. The van der Waals surface area contributed by atoms with Gasteiger partial charge in [-0.15, -0.1) is 22.7 Å². The summed E-state index contributed by atoms with van der Waals surface area (Å²) in [7, 11) is 0. The number of aromatic nitrogens is 1. The van der Waals surface area contributed by atoms with Crippen LogP contribution in [0, 0.1) is 5.82 Å². The van der Waals surface area contributed by atoms with Gasteiger partial charge in [0.25, 0.3) is 5.91 Å². The Morgan fingerprint density at radius 2 is 1.92 bits per heavy atom. The SMILES string of the molecule is O=C(O)Cc1csc(NC(=O)CCN2C(=O)/C(=C/c3cc(-c4ccc(F)c(C(F)(F)F)c4)cs3)SC2=S)n1. The first-order valence-electron chi connectivity index (χ1n) is 10.6. The number of anilines is 1. The van der Waals surface area contributed by atoms with Crippen molar-refractivity contribution in [3.63, 3.8) is 0 Å². The molecule has 0 aliphatic carbocycles. The van der Waals surface area contributed by atoms with Crippen LogP contribution in [0.5, 0.6) is 0 Å². The van der Waals surface area contributed by atoms with Gasteiger partial charge in [-0.3, -0.25) is 19.3 Å². The molecule has 2 N–H and O–H groups in total. The fourth-order valence-corrected chi connectivity index (χ4v) is 6.27. The number of thioether (sulfide) groups is 1. The first-order valence-corrected chi connectivity index (χ1v) is 13.6. The number of rotatable bonds is 8. The first-order chi connectivity index (χ1) is 17.9. The number of carbonyl (C=O) groups excluding carboxylic acids is 2. The highest BCUT2D eigenvalue weighted by atomic mass is 32.2. The van der Waals surface area contributed by atoms with Crippen LogP contribution in [0.15, 0.2) is 39.9 Å². The van der Waals surface area contributed by atoms with Gasteiger partial charge in [0.2, 0.25) is 5.91 Å². The number of thiophene rings is 1. The predicted molar refractivity (Wildman–Crippen MR) is 141 cm³/mol. The highest BCUT2D eigenvalue weighted by Gasteiger charge is 2.35. The van der Waals surface area contributed by atoms with Crippen LogP contribution >= 0.6 is 46.7 Å². The molecule has 1 aromatic carbocycles. The molecule has 3 heterocycles. The Labute approximate surface area is 230 Å². The molecule has 38 heavy (non-hydrogen) atoms. The van der Waals surface area contributed by atoms with Gasteiger partial charge in [0.1, 0.15) is 10.1 Å². The second kappa shape index (κ2) is 11.3. The molecule has 1 saturated heterocycles. The van der Waals surface area contributed by atoms with E-state index in [1.807, 2.05) is 0 Å². The fraction of sp³-hybridized carbons (Fsp3) is 0.174. The molecule has 198 valence electrons. The van der Waals surface area contributed by atoms with Gasteiger partial charge in [0, 0.05) is 23.2 Å². The molecule has 1 aliphatic heterocycles. The zero-order valence-electron chi connectivity index (χ0n) is 18.9. The molecular weight excluding hydrogens is 587 g/mol. The molecule has 1 fully saturated rings. The number of aliphatic carboxylic acids is 1. The second-order valence-electron chi connectivity index (χ2n) is 7.78. The van der Waals surface area contributed by atoms with Crippen molar-refractivity contribution in [3.8, 4) is 11.1 Å². The smallest absolute Gasteiger partial charge is 0.419 e. The molecule has 0 spiro atoms. The molecule has 4 rings (SSSR count). The van der Waals surface area contributed by atoms with Gasteiger partial charge in [-0.25, -0.2) is 9.37 Å². The topological polar surface area (TPSA) is 99.6 Å². The van der Waals surface area contributed by atoms with E-state index in [1.54, 1.807) is 17.5 Å². The molecule has 15 heteroatoms. The van der Waals surface area contributed by atoms with Crippen molar-refractivity contribution in [2.45, 2.75) is 19.0 Å². The Bertz CT molecular complexity index is 1460. The van der Waals surface area contributed by atoms with E-state index in [0.29, 0.717) is 16.1 Å². The number of halogens is 4. The molecule has 0 saturated carbocycles. The third kappa shape index (κ3) is 6.64. The number of hydrogen-bond acceptors (Lipinski definition) is 8. The summed E-state index contributed by atoms with van der Waals surface area (Å²) in [5.74, 6) is -3.24. The molecule has 0 unspecified atom stereocenters. The van der Waals surface area contributed by atoms with E-state index in [0.717, 1.165) is 35.2 Å². The van der Waals surface area contributed by atoms with Crippen molar-refractivity contribution in [2.75, 3.05) is 11.9 Å². The predicted octanol–water partition coefficient (Wildman–Crippen LogP) is 5.89. The third-order valence-corrected chi connectivity index (χ3v) is 8.13. The Balaban J connectivity index is 1.39. The summed E-state index contributed by atoms with van der Waals surface area (Å²) >= 11 is 8.58. The van der Waals surface area contributed by atoms with Crippen LogP contribution in [0.3, 0.4) is 0 Å². The van der Waals surface area contributed by atoms with Crippen molar-refractivity contribution >= 4 is 80.0 Å². The number of carboxylic acids is 1. The van der Waals surface area contributed by atoms with Crippen LogP contribution in [0.1, 0.15) is 22.6 Å². The number of nitrogens with zero attached hydrogens (tertiary/aromatic N) is 2. The molecule has 0 atom stereocenters. The lowest BCUT2D eigenvalue weighted by Gasteiger charge is -2.13. The van der Waals surface area contributed by atoms with Crippen LogP contribution in [0.4, 0.5) is 22.7 Å².